The molecular formula is C22H17Cl2N3O3S. The quantitative estimate of drug-likeness (QED) is 0.309. The van der Waals surface area contributed by atoms with Crippen LogP contribution >= 0.6 is 35.0 Å². The molecule has 31 heavy (non-hydrogen) atoms. The Balaban J connectivity index is 1.54. The van der Waals surface area contributed by atoms with Crippen molar-refractivity contribution in [3.8, 4) is 0 Å². The number of hydrogen-bond acceptors (Lipinski definition) is 5. The number of aromatic nitrogens is 2. The number of rotatable bonds is 7. The number of nitrogens with zero attached hydrogens (tertiary/aromatic N) is 2. The Morgan fingerprint density at radius 2 is 1.87 bits per heavy atom. The monoisotopic (exact) mass is 473 g/mol. The lowest BCUT2D eigenvalue weighted by Gasteiger charge is -2.12. The first-order valence-electron chi connectivity index (χ1n) is 9.36. The molecule has 0 aliphatic rings. The maximum absolute atomic E-state index is 13.1. The summed E-state index contributed by atoms with van der Waals surface area (Å²) in [5.74, 6) is 0.542. The molecule has 0 saturated heterocycles. The summed E-state index contributed by atoms with van der Waals surface area (Å²) >= 11 is 13.1. The van der Waals surface area contributed by atoms with Gasteiger partial charge >= 0.3 is 0 Å². The molecule has 0 fully saturated rings. The van der Waals surface area contributed by atoms with Crippen LogP contribution in [-0.2, 0) is 17.9 Å². The molecule has 2 heterocycles. The Labute approximate surface area is 192 Å². The summed E-state index contributed by atoms with van der Waals surface area (Å²) in [6.07, 6.45) is 1.55. The zero-order valence-corrected chi connectivity index (χ0v) is 18.5. The molecule has 4 aromatic rings. The lowest BCUT2D eigenvalue weighted by atomic mass is 10.2. The molecular weight excluding hydrogens is 457 g/mol. The molecule has 0 unspecified atom stereocenters. The summed E-state index contributed by atoms with van der Waals surface area (Å²) in [5.41, 5.74) is 1.20. The van der Waals surface area contributed by atoms with Gasteiger partial charge in [-0.05, 0) is 48.0 Å². The van der Waals surface area contributed by atoms with Crippen LogP contribution in [0.4, 0.5) is 0 Å². The standard InChI is InChI=1S/C22H17Cl2N3O3S/c23-15-5-3-14(4-6-15)11-25-20(28)13-31-22-26-19-10-16(24)7-8-18(19)21(29)27(22)12-17-2-1-9-30-17/h1-10H,11-13H2,(H,25,28). The molecule has 0 aliphatic carbocycles. The molecule has 158 valence electrons. The second-order valence-electron chi connectivity index (χ2n) is 6.72. The summed E-state index contributed by atoms with van der Waals surface area (Å²) in [7, 11) is 0. The molecule has 0 aliphatic heterocycles. The Morgan fingerprint density at radius 3 is 2.61 bits per heavy atom. The zero-order valence-electron chi connectivity index (χ0n) is 16.2. The number of furan rings is 1. The van der Waals surface area contributed by atoms with Crippen molar-refractivity contribution in [1.82, 2.24) is 14.9 Å². The topological polar surface area (TPSA) is 77.1 Å². The summed E-state index contributed by atoms with van der Waals surface area (Å²) in [6.45, 7) is 0.600. The van der Waals surface area contributed by atoms with Crippen LogP contribution in [0.3, 0.4) is 0 Å². The molecule has 0 saturated carbocycles. The van der Waals surface area contributed by atoms with Crippen LogP contribution in [0.15, 0.2) is 75.2 Å². The van der Waals surface area contributed by atoms with Crippen LogP contribution in [0.1, 0.15) is 11.3 Å². The van der Waals surface area contributed by atoms with E-state index >= 15 is 0 Å². The van der Waals surface area contributed by atoms with Crippen molar-refractivity contribution in [3.63, 3.8) is 0 Å². The Kier molecular flexibility index (Phi) is 6.65. The van der Waals surface area contributed by atoms with E-state index in [9.17, 15) is 9.59 Å². The summed E-state index contributed by atoms with van der Waals surface area (Å²) in [5, 5.41) is 4.85. The van der Waals surface area contributed by atoms with E-state index in [2.05, 4.69) is 10.3 Å². The van der Waals surface area contributed by atoms with Gasteiger partial charge in [0.05, 0.1) is 29.5 Å². The van der Waals surface area contributed by atoms with Crippen molar-refractivity contribution in [2.75, 3.05) is 5.75 Å². The van der Waals surface area contributed by atoms with Crippen molar-refractivity contribution < 1.29 is 9.21 Å². The van der Waals surface area contributed by atoms with E-state index in [4.69, 9.17) is 27.6 Å². The van der Waals surface area contributed by atoms with Crippen LogP contribution < -0.4 is 10.9 Å². The summed E-state index contributed by atoms with van der Waals surface area (Å²) in [4.78, 5) is 30.0. The van der Waals surface area contributed by atoms with E-state index in [1.165, 1.54) is 16.3 Å². The zero-order chi connectivity index (χ0) is 21.8. The highest BCUT2D eigenvalue weighted by molar-refractivity contribution is 7.99. The van der Waals surface area contributed by atoms with Gasteiger partial charge in [-0.2, -0.15) is 0 Å². The third kappa shape index (κ3) is 5.31. The molecule has 9 heteroatoms. The number of thioether (sulfide) groups is 1. The second kappa shape index (κ2) is 9.60. The summed E-state index contributed by atoms with van der Waals surface area (Å²) in [6, 6.07) is 15.7. The number of halogens is 2. The molecule has 6 nitrogen and oxygen atoms in total. The number of carbonyl (C=O) groups is 1. The fourth-order valence-corrected chi connectivity index (χ4v) is 4.09. The summed E-state index contributed by atoms with van der Waals surface area (Å²) < 4.78 is 6.90. The van der Waals surface area contributed by atoms with Crippen LogP contribution in [0.2, 0.25) is 10.0 Å². The number of amides is 1. The van der Waals surface area contributed by atoms with E-state index in [1.54, 1.807) is 48.7 Å². The lowest BCUT2D eigenvalue weighted by molar-refractivity contribution is -0.118. The Bertz CT molecular complexity index is 1270. The average Bonchev–Trinajstić information content (AvgIpc) is 3.27. The molecule has 1 amide bonds. The van der Waals surface area contributed by atoms with Gasteiger partial charge in [-0.1, -0.05) is 47.1 Å². The van der Waals surface area contributed by atoms with Crippen molar-refractivity contribution in [3.05, 3.63) is 92.6 Å². The van der Waals surface area contributed by atoms with Gasteiger partial charge in [0.15, 0.2) is 5.16 Å². The highest BCUT2D eigenvalue weighted by atomic mass is 35.5. The van der Waals surface area contributed by atoms with Crippen molar-refractivity contribution >= 4 is 51.8 Å². The molecule has 0 bridgehead atoms. The SMILES string of the molecule is O=C(CSc1nc2cc(Cl)ccc2c(=O)n1Cc1ccco1)NCc1ccc(Cl)cc1. The van der Waals surface area contributed by atoms with Gasteiger partial charge < -0.3 is 9.73 Å². The van der Waals surface area contributed by atoms with Gasteiger partial charge in [-0.3, -0.25) is 14.2 Å². The maximum atomic E-state index is 13.1. The van der Waals surface area contributed by atoms with Crippen molar-refractivity contribution in [1.29, 1.82) is 0 Å². The highest BCUT2D eigenvalue weighted by Gasteiger charge is 2.15. The number of benzene rings is 2. The minimum absolute atomic E-state index is 0.101. The Hall–Kier alpha value is -2.74. The van der Waals surface area contributed by atoms with Crippen molar-refractivity contribution in [2.45, 2.75) is 18.2 Å². The van der Waals surface area contributed by atoms with Gasteiger partial charge in [-0.15, -0.1) is 0 Å². The predicted molar refractivity (Wildman–Crippen MR) is 123 cm³/mol. The molecule has 0 radical (unpaired) electrons. The van der Waals surface area contributed by atoms with Crippen LogP contribution in [0.5, 0.6) is 0 Å². The van der Waals surface area contributed by atoms with E-state index in [1.807, 2.05) is 12.1 Å². The minimum Gasteiger partial charge on any atom is -0.467 e. The van der Waals surface area contributed by atoms with E-state index in [-0.39, 0.29) is 23.8 Å². The molecule has 0 atom stereocenters. The number of fused-ring (bicyclic) bond motifs is 1. The van der Waals surface area contributed by atoms with E-state index in [0.717, 1.165) is 5.56 Å². The minimum atomic E-state index is -0.220. The maximum Gasteiger partial charge on any atom is 0.262 e. The number of hydrogen-bond donors (Lipinski definition) is 1. The smallest absolute Gasteiger partial charge is 0.262 e. The van der Waals surface area contributed by atoms with E-state index in [0.29, 0.717) is 38.4 Å². The third-order valence-corrected chi connectivity index (χ3v) is 5.98. The third-order valence-electron chi connectivity index (χ3n) is 4.51. The first-order chi connectivity index (χ1) is 15.0. The molecule has 0 spiro atoms. The number of carbonyl (C=O) groups excluding carboxylic acids is 1. The second-order valence-corrected chi connectivity index (χ2v) is 8.53. The van der Waals surface area contributed by atoms with Gasteiger partial charge in [0, 0.05) is 16.6 Å². The predicted octanol–water partition coefficient (Wildman–Crippen LogP) is 4.75. The molecule has 1 N–H and O–H groups in total. The highest BCUT2D eigenvalue weighted by Crippen LogP contribution is 2.21. The number of nitrogens with one attached hydrogen (secondary N) is 1. The lowest BCUT2D eigenvalue weighted by Crippen LogP contribution is -2.27. The largest absolute Gasteiger partial charge is 0.467 e. The van der Waals surface area contributed by atoms with Gasteiger partial charge in [-0.25, -0.2) is 4.98 Å². The normalized spacial score (nSPS) is 11.0. The fourth-order valence-electron chi connectivity index (χ4n) is 2.97. The average molecular weight is 474 g/mol. The van der Waals surface area contributed by atoms with Crippen LogP contribution in [0.25, 0.3) is 10.9 Å². The first kappa shape index (κ1) is 21.5. The molecule has 2 aromatic carbocycles. The molecule has 4 rings (SSSR count). The van der Waals surface area contributed by atoms with Crippen LogP contribution in [-0.4, -0.2) is 21.2 Å². The van der Waals surface area contributed by atoms with E-state index < -0.39 is 0 Å². The van der Waals surface area contributed by atoms with Crippen LogP contribution in [0, 0.1) is 0 Å². The van der Waals surface area contributed by atoms with Gasteiger partial charge in [0.25, 0.3) is 5.56 Å². The van der Waals surface area contributed by atoms with Crippen molar-refractivity contribution in [2.24, 2.45) is 0 Å². The molecule has 2 aromatic heterocycles. The fraction of sp³-hybridized carbons (Fsp3) is 0.136. The first-order valence-corrected chi connectivity index (χ1v) is 11.1. The Morgan fingerprint density at radius 1 is 1.10 bits per heavy atom. The van der Waals surface area contributed by atoms with Gasteiger partial charge in [0.2, 0.25) is 5.91 Å². The van der Waals surface area contributed by atoms with Gasteiger partial charge in [0.1, 0.15) is 5.76 Å².